The minimum absolute atomic E-state index is 0.109. The van der Waals surface area contributed by atoms with Crippen molar-refractivity contribution in [1.82, 2.24) is 10.6 Å². The Morgan fingerprint density at radius 1 is 1.26 bits per heavy atom. The summed E-state index contributed by atoms with van der Waals surface area (Å²) in [5.74, 6) is -1.50. The van der Waals surface area contributed by atoms with E-state index in [4.69, 9.17) is 9.84 Å². The fourth-order valence-electron chi connectivity index (χ4n) is 1.85. The highest BCUT2D eigenvalue weighted by Crippen LogP contribution is 2.13. The quantitative estimate of drug-likeness (QED) is 0.635. The number of carbonyl (C=O) groups excluding carboxylic acids is 2. The number of carboxylic acids is 1. The topological polar surface area (TPSA) is 105 Å². The molecule has 0 bridgehead atoms. The summed E-state index contributed by atoms with van der Waals surface area (Å²) in [6.07, 6.45) is 1.22. The van der Waals surface area contributed by atoms with Gasteiger partial charge in [0, 0.05) is 25.1 Å². The molecule has 0 unspecified atom stereocenters. The average Bonchev–Trinajstić information content (AvgIpc) is 2.53. The molecule has 7 nitrogen and oxygen atoms in total. The molecule has 0 aliphatic carbocycles. The molecule has 0 aliphatic rings. The molecule has 7 heteroatoms. The van der Waals surface area contributed by atoms with Gasteiger partial charge in [-0.2, -0.15) is 0 Å². The number of ether oxygens (including phenoxy) is 1. The van der Waals surface area contributed by atoms with Crippen LogP contribution in [0.5, 0.6) is 5.75 Å². The third-order valence-electron chi connectivity index (χ3n) is 3.16. The number of likely N-dealkylation sites (N-methyl/N-ethyl adjacent to an activating group) is 1. The summed E-state index contributed by atoms with van der Waals surface area (Å²) in [5, 5.41) is 13.7. The summed E-state index contributed by atoms with van der Waals surface area (Å²) < 4.78 is 5.06. The van der Waals surface area contributed by atoms with Gasteiger partial charge in [-0.25, -0.2) is 4.79 Å². The van der Waals surface area contributed by atoms with Gasteiger partial charge in [-0.1, -0.05) is 12.1 Å². The fraction of sp³-hybridized carbons (Fsp3) is 0.312. The van der Waals surface area contributed by atoms with Crippen LogP contribution >= 0.6 is 0 Å². The Balaban J connectivity index is 2.84. The number of hydrogen-bond acceptors (Lipinski definition) is 4. The molecule has 1 atom stereocenters. The highest BCUT2D eigenvalue weighted by atomic mass is 16.5. The Bertz CT molecular complexity index is 607. The number of methoxy groups -OCH3 is 1. The first-order chi connectivity index (χ1) is 10.9. The van der Waals surface area contributed by atoms with E-state index in [9.17, 15) is 14.4 Å². The Hall–Kier alpha value is -2.83. The zero-order chi connectivity index (χ0) is 17.4. The van der Waals surface area contributed by atoms with Crippen molar-refractivity contribution in [2.75, 3.05) is 14.2 Å². The molecular formula is C16H20N2O5. The van der Waals surface area contributed by atoms with Gasteiger partial charge in [0.25, 0.3) is 0 Å². The number of benzene rings is 1. The van der Waals surface area contributed by atoms with Crippen LogP contribution in [0.4, 0.5) is 0 Å². The molecule has 0 heterocycles. The predicted molar refractivity (Wildman–Crippen MR) is 84.1 cm³/mol. The standard InChI is InChI=1S/C16H20N2O5/c1-10(16(21)22)8-14(19)18-13(15(20)17-2)9-11-4-6-12(23-3)7-5-11/h4-8,13H,9H2,1-3H3,(H,17,20)(H,18,19)(H,21,22)/t13-/m0/s1. The minimum atomic E-state index is -1.19. The van der Waals surface area contributed by atoms with Crippen molar-refractivity contribution in [2.45, 2.75) is 19.4 Å². The van der Waals surface area contributed by atoms with Crippen LogP contribution in [-0.2, 0) is 20.8 Å². The predicted octanol–water partition coefficient (Wildman–Crippen LogP) is 0.499. The van der Waals surface area contributed by atoms with Crippen LogP contribution in [0.1, 0.15) is 12.5 Å². The molecule has 3 N–H and O–H groups in total. The molecule has 124 valence electrons. The lowest BCUT2D eigenvalue weighted by Crippen LogP contribution is -2.46. The Morgan fingerprint density at radius 2 is 1.87 bits per heavy atom. The number of nitrogens with one attached hydrogen (secondary N) is 2. The Kier molecular flexibility index (Phi) is 6.79. The number of carbonyl (C=O) groups is 3. The third kappa shape index (κ3) is 5.82. The van der Waals surface area contributed by atoms with Crippen molar-refractivity contribution in [3.05, 3.63) is 41.5 Å². The highest BCUT2D eigenvalue weighted by Gasteiger charge is 2.20. The molecule has 0 radical (unpaired) electrons. The summed E-state index contributed by atoms with van der Waals surface area (Å²) in [6, 6.07) is 6.29. The van der Waals surface area contributed by atoms with Gasteiger partial charge in [0.05, 0.1) is 7.11 Å². The lowest BCUT2D eigenvalue weighted by molar-refractivity contribution is -0.133. The van der Waals surface area contributed by atoms with Crippen LogP contribution in [0.25, 0.3) is 0 Å². The minimum Gasteiger partial charge on any atom is -0.497 e. The monoisotopic (exact) mass is 320 g/mol. The number of carboxylic acid groups (broad SMARTS) is 1. The van der Waals surface area contributed by atoms with Gasteiger partial charge in [-0.05, 0) is 24.6 Å². The van der Waals surface area contributed by atoms with Crippen LogP contribution in [0.15, 0.2) is 35.9 Å². The number of hydrogen-bond donors (Lipinski definition) is 3. The van der Waals surface area contributed by atoms with E-state index in [2.05, 4.69) is 10.6 Å². The zero-order valence-corrected chi connectivity index (χ0v) is 13.3. The van der Waals surface area contributed by atoms with Gasteiger partial charge < -0.3 is 20.5 Å². The summed E-state index contributed by atoms with van der Waals surface area (Å²) in [5.41, 5.74) is 0.723. The van der Waals surface area contributed by atoms with Crippen molar-refractivity contribution < 1.29 is 24.2 Å². The second-order valence-corrected chi connectivity index (χ2v) is 4.86. The van der Waals surface area contributed by atoms with Crippen molar-refractivity contribution in [2.24, 2.45) is 0 Å². The maximum absolute atomic E-state index is 11.9. The van der Waals surface area contributed by atoms with Crippen molar-refractivity contribution in [1.29, 1.82) is 0 Å². The Labute approximate surface area is 134 Å². The van der Waals surface area contributed by atoms with Gasteiger partial charge in [-0.15, -0.1) is 0 Å². The van der Waals surface area contributed by atoms with Gasteiger partial charge >= 0.3 is 5.97 Å². The smallest absolute Gasteiger partial charge is 0.331 e. The van der Waals surface area contributed by atoms with Gasteiger partial charge in [0.15, 0.2) is 0 Å². The van der Waals surface area contributed by atoms with Gasteiger partial charge in [0.2, 0.25) is 11.8 Å². The first-order valence-electron chi connectivity index (χ1n) is 6.94. The largest absolute Gasteiger partial charge is 0.497 e. The van der Waals surface area contributed by atoms with Crippen molar-refractivity contribution in [3.8, 4) is 5.75 Å². The third-order valence-corrected chi connectivity index (χ3v) is 3.16. The zero-order valence-electron chi connectivity index (χ0n) is 13.3. The summed E-state index contributed by atoms with van der Waals surface area (Å²) >= 11 is 0. The van der Waals surface area contributed by atoms with Crippen LogP contribution in [0, 0.1) is 0 Å². The maximum Gasteiger partial charge on any atom is 0.331 e. The van der Waals surface area contributed by atoms with Crippen molar-refractivity contribution >= 4 is 17.8 Å². The molecule has 2 amide bonds. The van der Waals surface area contributed by atoms with E-state index in [0.29, 0.717) is 5.75 Å². The molecule has 0 aliphatic heterocycles. The molecule has 0 spiro atoms. The molecular weight excluding hydrogens is 300 g/mol. The number of aliphatic carboxylic acids is 1. The molecule has 1 aromatic rings. The van der Waals surface area contributed by atoms with Gasteiger partial charge in [0.1, 0.15) is 11.8 Å². The molecule has 0 saturated heterocycles. The second-order valence-electron chi connectivity index (χ2n) is 4.86. The molecule has 0 fully saturated rings. The van der Waals surface area contributed by atoms with Crippen LogP contribution in [-0.4, -0.2) is 43.1 Å². The molecule has 23 heavy (non-hydrogen) atoms. The van der Waals surface area contributed by atoms with E-state index < -0.39 is 17.9 Å². The summed E-state index contributed by atoms with van der Waals surface area (Å²) in [7, 11) is 3.02. The molecule has 0 aromatic heterocycles. The lowest BCUT2D eigenvalue weighted by Gasteiger charge is -2.16. The maximum atomic E-state index is 11.9. The normalized spacial score (nSPS) is 12.2. The first-order valence-corrected chi connectivity index (χ1v) is 6.94. The van der Waals surface area contributed by atoms with E-state index in [1.165, 1.54) is 14.0 Å². The number of amides is 2. The number of rotatable bonds is 7. The Morgan fingerprint density at radius 3 is 2.35 bits per heavy atom. The summed E-state index contributed by atoms with van der Waals surface area (Å²) in [6.45, 7) is 1.31. The van der Waals surface area contributed by atoms with Gasteiger partial charge in [-0.3, -0.25) is 9.59 Å². The molecule has 0 saturated carbocycles. The van der Waals surface area contributed by atoms with Crippen LogP contribution in [0.3, 0.4) is 0 Å². The fourth-order valence-corrected chi connectivity index (χ4v) is 1.85. The van der Waals surface area contributed by atoms with E-state index in [-0.39, 0.29) is 17.9 Å². The van der Waals surface area contributed by atoms with Crippen molar-refractivity contribution in [3.63, 3.8) is 0 Å². The lowest BCUT2D eigenvalue weighted by atomic mass is 10.0. The second kappa shape index (κ2) is 8.57. The van der Waals surface area contributed by atoms with E-state index in [0.717, 1.165) is 11.6 Å². The first kappa shape index (κ1) is 18.2. The average molecular weight is 320 g/mol. The highest BCUT2D eigenvalue weighted by molar-refractivity contribution is 5.99. The molecule has 1 aromatic carbocycles. The van der Waals surface area contributed by atoms with Crippen LogP contribution < -0.4 is 15.4 Å². The van der Waals surface area contributed by atoms with E-state index in [1.807, 2.05) is 0 Å². The molecule has 1 rings (SSSR count). The van der Waals surface area contributed by atoms with E-state index in [1.54, 1.807) is 31.4 Å². The summed E-state index contributed by atoms with van der Waals surface area (Å²) in [4.78, 5) is 34.5. The van der Waals surface area contributed by atoms with Crippen LogP contribution in [0.2, 0.25) is 0 Å². The van der Waals surface area contributed by atoms with E-state index >= 15 is 0 Å². The SMILES string of the molecule is CNC(=O)[C@H](Cc1ccc(OC)cc1)NC(=O)C=C(C)C(=O)O.